The van der Waals surface area contributed by atoms with Crippen LogP contribution in [-0.2, 0) is 16.0 Å². The molecule has 2 saturated heterocycles. The highest BCUT2D eigenvalue weighted by Gasteiger charge is 2.51. The van der Waals surface area contributed by atoms with Crippen molar-refractivity contribution in [2.24, 2.45) is 5.41 Å². The number of carbonyl (C=O) groups excluding carboxylic acids is 2. The molecule has 182 valence electrons. The Bertz CT molecular complexity index is 887. The van der Waals surface area contributed by atoms with Crippen LogP contribution in [0.2, 0.25) is 5.02 Å². The van der Waals surface area contributed by atoms with Gasteiger partial charge in [-0.2, -0.15) is 0 Å². The number of hydrogen-bond donors (Lipinski definition) is 2. The Morgan fingerprint density at radius 1 is 1.21 bits per heavy atom. The van der Waals surface area contributed by atoms with Gasteiger partial charge in [-0.15, -0.1) is 0 Å². The van der Waals surface area contributed by atoms with E-state index >= 15 is 0 Å². The van der Waals surface area contributed by atoms with Crippen LogP contribution in [0, 0.1) is 5.41 Å². The van der Waals surface area contributed by atoms with Crippen LogP contribution in [0.3, 0.4) is 0 Å². The van der Waals surface area contributed by atoms with E-state index in [1.807, 2.05) is 6.07 Å². The highest BCUT2D eigenvalue weighted by molar-refractivity contribution is 6.33. The van der Waals surface area contributed by atoms with Gasteiger partial charge in [-0.25, -0.2) is 4.79 Å². The quantitative estimate of drug-likeness (QED) is 0.648. The zero-order valence-corrected chi connectivity index (χ0v) is 20.5. The van der Waals surface area contributed by atoms with Crippen molar-refractivity contribution in [1.82, 2.24) is 4.90 Å². The second-order valence-corrected chi connectivity index (χ2v) is 10.1. The number of halogens is 1. The number of benzene rings is 1. The Hall–Kier alpha value is -1.99. The van der Waals surface area contributed by atoms with E-state index in [-0.39, 0.29) is 23.5 Å². The molecule has 1 atom stereocenters. The number of piperidine rings is 1. The SMILES string of the molecule is CCOC(=O)Nc1cc(Cl)c(N2CCC[C@@]3(CCN(C4CCC(O)CC4)C3=O)C2)c(CC)c1. The zero-order valence-electron chi connectivity index (χ0n) is 19.7. The maximum absolute atomic E-state index is 13.7. The number of likely N-dealkylation sites (tertiary alicyclic amines) is 1. The Morgan fingerprint density at radius 2 is 1.97 bits per heavy atom. The number of nitrogens with zero attached hydrogens (tertiary/aromatic N) is 2. The largest absolute Gasteiger partial charge is 0.450 e. The summed E-state index contributed by atoms with van der Waals surface area (Å²) >= 11 is 6.75. The third-order valence-corrected chi connectivity index (χ3v) is 7.88. The maximum Gasteiger partial charge on any atom is 0.411 e. The van der Waals surface area contributed by atoms with Gasteiger partial charge < -0.3 is 19.6 Å². The maximum atomic E-state index is 13.7. The molecule has 0 unspecified atom stereocenters. The molecule has 1 aromatic carbocycles. The molecule has 0 bridgehead atoms. The summed E-state index contributed by atoms with van der Waals surface area (Å²) in [5.74, 6) is 0.281. The Labute approximate surface area is 201 Å². The minimum absolute atomic E-state index is 0.214. The molecule has 8 heteroatoms. The smallest absolute Gasteiger partial charge is 0.411 e. The summed E-state index contributed by atoms with van der Waals surface area (Å²) < 4.78 is 4.99. The Balaban J connectivity index is 1.52. The van der Waals surface area contributed by atoms with Crippen molar-refractivity contribution >= 4 is 35.0 Å². The second kappa shape index (κ2) is 10.1. The van der Waals surface area contributed by atoms with Crippen LogP contribution < -0.4 is 10.2 Å². The van der Waals surface area contributed by atoms with E-state index in [0.717, 1.165) is 75.7 Å². The van der Waals surface area contributed by atoms with E-state index in [4.69, 9.17) is 16.3 Å². The van der Waals surface area contributed by atoms with Crippen molar-refractivity contribution in [2.45, 2.75) is 77.4 Å². The van der Waals surface area contributed by atoms with E-state index in [2.05, 4.69) is 22.0 Å². The fourth-order valence-electron chi connectivity index (χ4n) is 5.90. The molecule has 0 radical (unpaired) electrons. The van der Waals surface area contributed by atoms with Gasteiger partial charge in [0.2, 0.25) is 5.91 Å². The van der Waals surface area contributed by atoms with Crippen LogP contribution in [0.1, 0.15) is 64.4 Å². The number of nitrogens with one attached hydrogen (secondary N) is 1. The lowest BCUT2D eigenvalue weighted by Gasteiger charge is -2.42. The van der Waals surface area contributed by atoms with Gasteiger partial charge in [0.15, 0.2) is 0 Å². The number of ether oxygens (including phenoxy) is 1. The summed E-state index contributed by atoms with van der Waals surface area (Å²) in [5, 5.41) is 13.2. The summed E-state index contributed by atoms with van der Waals surface area (Å²) in [5.41, 5.74) is 2.29. The molecule has 0 aromatic heterocycles. The first-order chi connectivity index (χ1) is 15.9. The van der Waals surface area contributed by atoms with Crippen LogP contribution in [0.5, 0.6) is 0 Å². The number of carbonyl (C=O) groups is 2. The third-order valence-electron chi connectivity index (χ3n) is 7.59. The second-order valence-electron chi connectivity index (χ2n) is 9.68. The predicted octanol–water partition coefficient (Wildman–Crippen LogP) is 4.59. The molecule has 2 N–H and O–H groups in total. The van der Waals surface area contributed by atoms with Crippen molar-refractivity contribution < 1.29 is 19.4 Å². The topological polar surface area (TPSA) is 82.1 Å². The van der Waals surface area contributed by atoms with Gasteiger partial charge in [0, 0.05) is 31.4 Å². The van der Waals surface area contributed by atoms with Gasteiger partial charge in [-0.05, 0) is 76.0 Å². The Morgan fingerprint density at radius 3 is 2.67 bits per heavy atom. The summed E-state index contributed by atoms with van der Waals surface area (Å²) in [6.45, 7) is 6.49. The van der Waals surface area contributed by atoms with Crippen molar-refractivity contribution in [1.29, 1.82) is 0 Å². The molecule has 4 rings (SSSR count). The van der Waals surface area contributed by atoms with Crippen LogP contribution in [0.25, 0.3) is 0 Å². The number of amides is 2. The monoisotopic (exact) mass is 477 g/mol. The van der Waals surface area contributed by atoms with Crippen molar-refractivity contribution in [3.8, 4) is 0 Å². The molecule has 2 heterocycles. The lowest BCUT2D eigenvalue weighted by atomic mass is 9.78. The first-order valence-electron chi connectivity index (χ1n) is 12.4. The lowest BCUT2D eigenvalue weighted by Crippen LogP contribution is -2.50. The molecule has 1 aromatic rings. The molecule has 2 aliphatic heterocycles. The van der Waals surface area contributed by atoms with Crippen molar-refractivity contribution in [3.63, 3.8) is 0 Å². The van der Waals surface area contributed by atoms with Crippen molar-refractivity contribution in [3.05, 3.63) is 22.7 Å². The fourth-order valence-corrected chi connectivity index (χ4v) is 6.26. The normalized spacial score (nSPS) is 27.8. The average molecular weight is 478 g/mol. The first-order valence-corrected chi connectivity index (χ1v) is 12.7. The third kappa shape index (κ3) is 4.94. The Kier molecular flexibility index (Phi) is 7.39. The summed E-state index contributed by atoms with van der Waals surface area (Å²) in [6, 6.07) is 3.98. The number of aliphatic hydroxyl groups is 1. The predicted molar refractivity (Wildman–Crippen MR) is 130 cm³/mol. The van der Waals surface area contributed by atoms with E-state index in [0.29, 0.717) is 23.9 Å². The van der Waals surface area contributed by atoms with Gasteiger partial charge >= 0.3 is 6.09 Å². The van der Waals surface area contributed by atoms with Crippen LogP contribution >= 0.6 is 11.6 Å². The summed E-state index contributed by atoms with van der Waals surface area (Å²) in [4.78, 5) is 29.9. The number of anilines is 2. The highest BCUT2D eigenvalue weighted by Crippen LogP contribution is 2.45. The van der Waals surface area contributed by atoms with E-state index in [1.165, 1.54) is 0 Å². The van der Waals surface area contributed by atoms with E-state index < -0.39 is 6.09 Å². The highest BCUT2D eigenvalue weighted by atomic mass is 35.5. The number of aliphatic hydroxyl groups excluding tert-OH is 1. The molecule has 3 aliphatic rings. The minimum atomic E-state index is -0.493. The van der Waals surface area contributed by atoms with Gasteiger partial charge in [0.05, 0.1) is 28.8 Å². The summed E-state index contributed by atoms with van der Waals surface area (Å²) in [7, 11) is 0. The minimum Gasteiger partial charge on any atom is -0.450 e. The molecule has 3 fully saturated rings. The number of rotatable bonds is 5. The molecule has 1 saturated carbocycles. The van der Waals surface area contributed by atoms with Gasteiger partial charge in [-0.3, -0.25) is 10.1 Å². The molecule has 33 heavy (non-hydrogen) atoms. The van der Waals surface area contributed by atoms with Gasteiger partial charge in [0.25, 0.3) is 0 Å². The fraction of sp³-hybridized carbons (Fsp3) is 0.680. The molecular weight excluding hydrogens is 442 g/mol. The molecule has 7 nitrogen and oxygen atoms in total. The van der Waals surface area contributed by atoms with E-state index in [1.54, 1.807) is 13.0 Å². The first kappa shape index (κ1) is 24.1. The number of aryl methyl sites for hydroxylation is 1. The molecule has 1 spiro atoms. The average Bonchev–Trinajstić information content (AvgIpc) is 3.09. The molecule has 2 amide bonds. The lowest BCUT2D eigenvalue weighted by molar-refractivity contribution is -0.139. The standard InChI is InChI=1S/C25H36ClN3O4/c1-3-17-14-18(27-24(32)33-4-2)15-21(26)22(17)28-12-5-10-25(16-28)11-13-29(23(25)31)19-6-8-20(30)9-7-19/h14-15,19-20,30H,3-13,16H2,1-2H3,(H,27,32)/t19?,20?,25-/m1/s1. The van der Waals surface area contributed by atoms with Crippen LogP contribution in [0.15, 0.2) is 12.1 Å². The zero-order chi connectivity index (χ0) is 23.6. The van der Waals surface area contributed by atoms with Crippen LogP contribution in [0.4, 0.5) is 16.2 Å². The van der Waals surface area contributed by atoms with E-state index in [9.17, 15) is 14.7 Å². The molecular formula is C25H36ClN3O4. The van der Waals surface area contributed by atoms with Crippen LogP contribution in [-0.4, -0.2) is 60.4 Å². The molecule has 1 aliphatic carbocycles. The number of hydrogen-bond acceptors (Lipinski definition) is 5. The van der Waals surface area contributed by atoms with Crippen molar-refractivity contribution in [2.75, 3.05) is 36.5 Å². The summed E-state index contributed by atoms with van der Waals surface area (Å²) in [6.07, 6.45) is 6.16. The van der Waals surface area contributed by atoms with Gasteiger partial charge in [-0.1, -0.05) is 18.5 Å². The van der Waals surface area contributed by atoms with Gasteiger partial charge in [0.1, 0.15) is 0 Å².